The molecule has 12 heavy (non-hydrogen) atoms. The first-order chi connectivity index (χ1) is 5.27. The molecular formula is C8H17NO2S. The number of nitrogens with one attached hydrogen (secondary N) is 1. The maximum atomic E-state index is 11.2. The molecule has 0 heterocycles. The topological polar surface area (TPSA) is 46.2 Å². The van der Waals surface area contributed by atoms with Gasteiger partial charge in [-0.2, -0.15) is 0 Å². The standard InChI is InChI=1S/C8H17NO2S/c1-5-6-7-12(10,11)9-8(2,3)4/h6-7,9H,5H2,1-4H3/b7-6+. The Morgan fingerprint density at radius 3 is 2.17 bits per heavy atom. The molecule has 0 aromatic rings. The van der Waals surface area contributed by atoms with Gasteiger partial charge in [-0.25, -0.2) is 13.1 Å². The molecule has 0 aromatic carbocycles. The SMILES string of the molecule is CC/C=C/S(=O)(=O)NC(C)(C)C. The summed E-state index contributed by atoms with van der Waals surface area (Å²) < 4.78 is 24.9. The third-order valence-corrected chi connectivity index (χ3v) is 2.41. The van der Waals surface area contributed by atoms with Crippen LogP contribution in [0.3, 0.4) is 0 Å². The second-order valence-electron chi connectivity index (χ2n) is 3.68. The molecule has 0 bridgehead atoms. The summed E-state index contributed by atoms with van der Waals surface area (Å²) in [6.07, 6.45) is 2.35. The smallest absolute Gasteiger partial charge is 0.208 e. The van der Waals surface area contributed by atoms with Crippen LogP contribution in [0, 0.1) is 0 Å². The molecule has 0 aromatic heterocycles. The van der Waals surface area contributed by atoms with Gasteiger partial charge in [0, 0.05) is 10.9 Å². The molecule has 0 spiro atoms. The summed E-state index contributed by atoms with van der Waals surface area (Å²) in [5.74, 6) is 0. The van der Waals surface area contributed by atoms with E-state index in [2.05, 4.69) is 4.72 Å². The Morgan fingerprint density at radius 2 is 1.83 bits per heavy atom. The van der Waals surface area contributed by atoms with Gasteiger partial charge in [0.05, 0.1) is 0 Å². The molecule has 0 fully saturated rings. The van der Waals surface area contributed by atoms with Crippen molar-refractivity contribution in [3.63, 3.8) is 0 Å². The number of hydrogen-bond acceptors (Lipinski definition) is 2. The van der Waals surface area contributed by atoms with Gasteiger partial charge in [0.15, 0.2) is 0 Å². The Hall–Kier alpha value is -0.350. The van der Waals surface area contributed by atoms with Crippen molar-refractivity contribution < 1.29 is 8.42 Å². The Bertz CT molecular complexity index is 247. The summed E-state index contributed by atoms with van der Waals surface area (Å²) >= 11 is 0. The van der Waals surface area contributed by atoms with Gasteiger partial charge in [-0.05, 0) is 27.2 Å². The van der Waals surface area contributed by atoms with Crippen molar-refractivity contribution in [3.05, 3.63) is 11.5 Å². The van der Waals surface area contributed by atoms with Crippen LogP contribution in [0.4, 0.5) is 0 Å². The molecule has 72 valence electrons. The minimum Gasteiger partial charge on any atom is -0.208 e. The highest BCUT2D eigenvalue weighted by atomic mass is 32.2. The number of sulfonamides is 1. The zero-order valence-electron chi connectivity index (χ0n) is 8.09. The summed E-state index contributed by atoms with van der Waals surface area (Å²) in [7, 11) is -3.23. The van der Waals surface area contributed by atoms with Crippen molar-refractivity contribution in [2.24, 2.45) is 0 Å². The van der Waals surface area contributed by atoms with E-state index in [1.54, 1.807) is 6.08 Å². The fourth-order valence-electron chi connectivity index (χ4n) is 0.684. The molecule has 3 nitrogen and oxygen atoms in total. The zero-order valence-corrected chi connectivity index (χ0v) is 8.90. The maximum Gasteiger partial charge on any atom is 0.233 e. The quantitative estimate of drug-likeness (QED) is 0.737. The molecule has 0 saturated carbocycles. The number of hydrogen-bond donors (Lipinski definition) is 1. The van der Waals surface area contributed by atoms with Crippen molar-refractivity contribution in [1.29, 1.82) is 0 Å². The van der Waals surface area contributed by atoms with E-state index in [4.69, 9.17) is 0 Å². The molecule has 0 saturated heterocycles. The second kappa shape index (κ2) is 4.05. The van der Waals surface area contributed by atoms with Gasteiger partial charge in [0.2, 0.25) is 10.0 Å². The summed E-state index contributed by atoms with van der Waals surface area (Å²) in [5, 5.41) is 1.21. The zero-order chi connectivity index (χ0) is 9.83. The van der Waals surface area contributed by atoms with Gasteiger partial charge in [-0.15, -0.1) is 0 Å². The molecule has 1 N–H and O–H groups in total. The van der Waals surface area contributed by atoms with Crippen LogP contribution >= 0.6 is 0 Å². The van der Waals surface area contributed by atoms with Gasteiger partial charge in [-0.1, -0.05) is 13.0 Å². The van der Waals surface area contributed by atoms with Crippen LogP contribution in [0.25, 0.3) is 0 Å². The van der Waals surface area contributed by atoms with Crippen LogP contribution in [-0.4, -0.2) is 14.0 Å². The Morgan fingerprint density at radius 1 is 1.33 bits per heavy atom. The largest absolute Gasteiger partial charge is 0.233 e. The van der Waals surface area contributed by atoms with Crippen molar-refractivity contribution in [3.8, 4) is 0 Å². The fourth-order valence-corrected chi connectivity index (χ4v) is 2.05. The molecule has 0 atom stereocenters. The lowest BCUT2D eigenvalue weighted by Crippen LogP contribution is -2.39. The number of allylic oxidation sites excluding steroid dienone is 1. The first-order valence-corrected chi connectivity index (χ1v) is 5.52. The first-order valence-electron chi connectivity index (χ1n) is 3.97. The molecule has 0 aliphatic carbocycles. The van der Waals surface area contributed by atoms with Gasteiger partial charge in [0.1, 0.15) is 0 Å². The predicted octanol–water partition coefficient (Wildman–Crippen LogP) is 1.63. The van der Waals surface area contributed by atoms with Crippen LogP contribution < -0.4 is 4.72 Å². The summed E-state index contributed by atoms with van der Waals surface area (Å²) in [4.78, 5) is 0. The molecule has 0 unspecified atom stereocenters. The van der Waals surface area contributed by atoms with Crippen molar-refractivity contribution in [2.75, 3.05) is 0 Å². The Labute approximate surface area is 74.9 Å². The monoisotopic (exact) mass is 191 g/mol. The van der Waals surface area contributed by atoms with Crippen LogP contribution in [0.1, 0.15) is 34.1 Å². The molecular weight excluding hydrogens is 174 g/mol. The van der Waals surface area contributed by atoms with E-state index in [9.17, 15) is 8.42 Å². The lowest BCUT2D eigenvalue weighted by molar-refractivity contribution is 0.496. The third-order valence-electron chi connectivity index (χ3n) is 0.960. The molecule has 0 amide bonds. The lowest BCUT2D eigenvalue weighted by atomic mass is 10.1. The van der Waals surface area contributed by atoms with E-state index in [-0.39, 0.29) is 0 Å². The maximum absolute atomic E-state index is 11.2. The Balaban J connectivity index is 4.36. The average Bonchev–Trinajstić information content (AvgIpc) is 1.78. The average molecular weight is 191 g/mol. The van der Waals surface area contributed by atoms with E-state index >= 15 is 0 Å². The molecule has 0 rings (SSSR count). The normalized spacial score (nSPS) is 14.0. The highest BCUT2D eigenvalue weighted by Crippen LogP contribution is 2.02. The molecule has 4 heteroatoms. The van der Waals surface area contributed by atoms with E-state index in [0.717, 1.165) is 6.42 Å². The van der Waals surface area contributed by atoms with E-state index in [1.807, 2.05) is 27.7 Å². The molecule has 0 radical (unpaired) electrons. The summed E-state index contributed by atoms with van der Waals surface area (Å²) in [6, 6.07) is 0. The molecule has 0 aliphatic rings. The fraction of sp³-hybridized carbons (Fsp3) is 0.750. The van der Waals surface area contributed by atoms with Crippen molar-refractivity contribution in [2.45, 2.75) is 39.7 Å². The second-order valence-corrected chi connectivity index (χ2v) is 5.24. The predicted molar refractivity (Wildman–Crippen MR) is 51.2 cm³/mol. The van der Waals surface area contributed by atoms with Crippen LogP contribution in [-0.2, 0) is 10.0 Å². The minimum absolute atomic E-state index is 0.406. The van der Waals surface area contributed by atoms with Gasteiger partial charge in [-0.3, -0.25) is 0 Å². The van der Waals surface area contributed by atoms with Crippen molar-refractivity contribution in [1.82, 2.24) is 4.72 Å². The summed E-state index contributed by atoms with van der Waals surface area (Å²) in [6.45, 7) is 7.32. The summed E-state index contributed by atoms with van der Waals surface area (Å²) in [5.41, 5.74) is -0.406. The third kappa shape index (κ3) is 6.37. The van der Waals surface area contributed by atoms with Crippen LogP contribution in [0.5, 0.6) is 0 Å². The van der Waals surface area contributed by atoms with Gasteiger partial charge < -0.3 is 0 Å². The molecule has 0 aliphatic heterocycles. The highest BCUT2D eigenvalue weighted by Gasteiger charge is 2.16. The highest BCUT2D eigenvalue weighted by molar-refractivity contribution is 7.92. The minimum atomic E-state index is -3.23. The Kier molecular flexibility index (Phi) is 3.93. The van der Waals surface area contributed by atoms with E-state index in [0.29, 0.717) is 0 Å². The van der Waals surface area contributed by atoms with Gasteiger partial charge >= 0.3 is 0 Å². The first kappa shape index (κ1) is 11.6. The van der Waals surface area contributed by atoms with Crippen LogP contribution in [0.2, 0.25) is 0 Å². The van der Waals surface area contributed by atoms with Gasteiger partial charge in [0.25, 0.3) is 0 Å². The van der Waals surface area contributed by atoms with Crippen molar-refractivity contribution >= 4 is 10.0 Å². The van der Waals surface area contributed by atoms with Crippen LogP contribution in [0.15, 0.2) is 11.5 Å². The number of rotatable bonds is 3. The lowest BCUT2D eigenvalue weighted by Gasteiger charge is -2.18. The van der Waals surface area contributed by atoms with E-state index in [1.165, 1.54) is 5.41 Å². The van der Waals surface area contributed by atoms with E-state index < -0.39 is 15.6 Å².